The average Bonchev–Trinajstić information content (AvgIpc) is 2.47. The van der Waals surface area contributed by atoms with Crippen molar-refractivity contribution in [3.05, 3.63) is 29.8 Å². The number of piperidine rings is 1. The van der Waals surface area contributed by atoms with Gasteiger partial charge < -0.3 is 9.64 Å². The number of benzene rings is 1. The van der Waals surface area contributed by atoms with Gasteiger partial charge in [0, 0.05) is 6.54 Å². The summed E-state index contributed by atoms with van der Waals surface area (Å²) in [7, 11) is 0. The molecule has 0 radical (unpaired) electrons. The van der Waals surface area contributed by atoms with Crippen molar-refractivity contribution in [3.63, 3.8) is 0 Å². The van der Waals surface area contributed by atoms with Gasteiger partial charge >= 0.3 is 5.97 Å². The lowest BCUT2D eigenvalue weighted by Crippen LogP contribution is -2.34. The number of likely N-dealkylation sites (tertiary alicyclic amines) is 1. The van der Waals surface area contributed by atoms with E-state index in [4.69, 9.17) is 4.74 Å². The fourth-order valence-corrected chi connectivity index (χ4v) is 2.94. The molecule has 3 nitrogen and oxygen atoms in total. The summed E-state index contributed by atoms with van der Waals surface area (Å²) in [6.45, 7) is 11.4. The molecule has 1 aliphatic rings. The molecule has 0 N–H and O–H groups in total. The van der Waals surface area contributed by atoms with Gasteiger partial charge in [-0.3, -0.25) is 4.79 Å². The van der Waals surface area contributed by atoms with Crippen LogP contribution in [0, 0.1) is 5.41 Å². The fourth-order valence-electron chi connectivity index (χ4n) is 2.94. The van der Waals surface area contributed by atoms with Gasteiger partial charge in [0.1, 0.15) is 5.75 Å². The topological polar surface area (TPSA) is 29.5 Å². The highest BCUT2D eigenvalue weighted by Gasteiger charge is 2.25. The van der Waals surface area contributed by atoms with Crippen molar-refractivity contribution < 1.29 is 9.53 Å². The van der Waals surface area contributed by atoms with E-state index >= 15 is 0 Å². The number of ether oxygens (including phenoxy) is 1. The number of carbonyl (C=O) groups is 1. The molecule has 1 aromatic rings. The predicted molar refractivity (Wildman–Crippen MR) is 90.2 cm³/mol. The third-order valence-corrected chi connectivity index (χ3v) is 4.20. The van der Waals surface area contributed by atoms with Gasteiger partial charge in [0.05, 0.1) is 5.41 Å². The standard InChI is InChI=1S/C19H29NO2/c1-5-11-20-12-7-9-16(14-20)15-8-6-10-17(13-15)22-18(21)19(2,3)4/h6,8,10,13,16H,5,7,9,11-12,14H2,1-4H3. The Morgan fingerprint density at radius 1 is 1.36 bits per heavy atom. The van der Waals surface area contributed by atoms with Gasteiger partial charge in [0.25, 0.3) is 0 Å². The van der Waals surface area contributed by atoms with Crippen LogP contribution in [0.15, 0.2) is 24.3 Å². The Morgan fingerprint density at radius 3 is 2.82 bits per heavy atom. The first-order chi connectivity index (χ1) is 10.4. The van der Waals surface area contributed by atoms with Gasteiger partial charge in [-0.15, -0.1) is 0 Å². The van der Waals surface area contributed by atoms with Crippen LogP contribution in [0.4, 0.5) is 0 Å². The quantitative estimate of drug-likeness (QED) is 0.616. The number of nitrogens with zero attached hydrogens (tertiary/aromatic N) is 1. The SMILES string of the molecule is CCCN1CCCC(c2cccc(OC(=O)C(C)(C)C)c2)C1. The summed E-state index contributed by atoms with van der Waals surface area (Å²) in [5, 5.41) is 0. The molecule has 1 aliphatic heterocycles. The fraction of sp³-hybridized carbons (Fsp3) is 0.632. The molecule has 0 aromatic heterocycles. The van der Waals surface area contributed by atoms with Crippen LogP contribution < -0.4 is 4.74 Å². The highest BCUT2D eigenvalue weighted by molar-refractivity contribution is 5.77. The highest BCUT2D eigenvalue weighted by Crippen LogP contribution is 2.30. The van der Waals surface area contributed by atoms with Crippen molar-refractivity contribution in [1.82, 2.24) is 4.90 Å². The summed E-state index contributed by atoms with van der Waals surface area (Å²) in [4.78, 5) is 14.6. The van der Waals surface area contributed by atoms with Gasteiger partial charge in [-0.2, -0.15) is 0 Å². The Balaban J connectivity index is 2.06. The van der Waals surface area contributed by atoms with Crippen molar-refractivity contribution in [2.24, 2.45) is 5.41 Å². The molecular weight excluding hydrogens is 274 g/mol. The molecule has 0 amide bonds. The van der Waals surface area contributed by atoms with Crippen molar-refractivity contribution in [3.8, 4) is 5.75 Å². The Hall–Kier alpha value is -1.35. The van der Waals surface area contributed by atoms with Gasteiger partial charge in [0.2, 0.25) is 0 Å². The molecule has 1 fully saturated rings. The van der Waals surface area contributed by atoms with Gasteiger partial charge in [-0.25, -0.2) is 0 Å². The van der Waals surface area contributed by atoms with Crippen LogP contribution in [0.3, 0.4) is 0 Å². The maximum Gasteiger partial charge on any atom is 0.316 e. The maximum absolute atomic E-state index is 12.0. The molecule has 122 valence electrons. The summed E-state index contributed by atoms with van der Waals surface area (Å²) >= 11 is 0. The van der Waals surface area contributed by atoms with Crippen LogP contribution in [0.1, 0.15) is 58.4 Å². The molecule has 1 aromatic carbocycles. The summed E-state index contributed by atoms with van der Waals surface area (Å²) in [6, 6.07) is 8.08. The second-order valence-corrected chi connectivity index (χ2v) is 7.35. The van der Waals surface area contributed by atoms with E-state index in [1.165, 1.54) is 37.9 Å². The zero-order valence-electron chi connectivity index (χ0n) is 14.4. The number of hydrogen-bond acceptors (Lipinski definition) is 3. The molecule has 0 spiro atoms. The molecule has 22 heavy (non-hydrogen) atoms. The second-order valence-electron chi connectivity index (χ2n) is 7.35. The van der Waals surface area contributed by atoms with E-state index in [9.17, 15) is 4.79 Å². The van der Waals surface area contributed by atoms with Crippen LogP contribution in [0.25, 0.3) is 0 Å². The minimum atomic E-state index is -0.473. The predicted octanol–water partition coefficient (Wildman–Crippen LogP) is 4.23. The van der Waals surface area contributed by atoms with Crippen LogP contribution in [0.5, 0.6) is 5.75 Å². The first kappa shape index (κ1) is 17.0. The zero-order valence-corrected chi connectivity index (χ0v) is 14.4. The lowest BCUT2D eigenvalue weighted by molar-refractivity contribution is -0.143. The molecular formula is C19H29NO2. The van der Waals surface area contributed by atoms with E-state index in [1.54, 1.807) is 0 Å². The third-order valence-electron chi connectivity index (χ3n) is 4.20. The number of carbonyl (C=O) groups excluding carboxylic acids is 1. The van der Waals surface area contributed by atoms with Crippen molar-refractivity contribution in [1.29, 1.82) is 0 Å². The molecule has 1 heterocycles. The Bertz CT molecular complexity index is 502. The maximum atomic E-state index is 12.0. The molecule has 2 rings (SSSR count). The largest absolute Gasteiger partial charge is 0.426 e. The summed E-state index contributed by atoms with van der Waals surface area (Å²) in [5.74, 6) is 1.04. The van der Waals surface area contributed by atoms with E-state index in [0.29, 0.717) is 11.7 Å². The normalized spacial score (nSPS) is 19.9. The van der Waals surface area contributed by atoms with E-state index < -0.39 is 5.41 Å². The van der Waals surface area contributed by atoms with Crippen molar-refractivity contribution in [2.75, 3.05) is 19.6 Å². The molecule has 3 heteroatoms. The monoisotopic (exact) mass is 303 g/mol. The number of esters is 1. The summed E-state index contributed by atoms with van der Waals surface area (Å²) < 4.78 is 5.53. The van der Waals surface area contributed by atoms with E-state index in [1.807, 2.05) is 39.0 Å². The van der Waals surface area contributed by atoms with E-state index in [-0.39, 0.29) is 5.97 Å². The van der Waals surface area contributed by atoms with Gasteiger partial charge in [-0.1, -0.05) is 19.1 Å². The van der Waals surface area contributed by atoms with Crippen LogP contribution >= 0.6 is 0 Å². The van der Waals surface area contributed by atoms with Gasteiger partial charge in [0.15, 0.2) is 0 Å². The zero-order chi connectivity index (χ0) is 16.2. The molecule has 0 saturated carbocycles. The molecule has 1 saturated heterocycles. The van der Waals surface area contributed by atoms with Crippen LogP contribution in [-0.2, 0) is 4.79 Å². The Kier molecular flexibility index (Phi) is 5.63. The smallest absolute Gasteiger partial charge is 0.316 e. The molecule has 1 atom stereocenters. The summed E-state index contributed by atoms with van der Waals surface area (Å²) in [6.07, 6.45) is 3.67. The Morgan fingerprint density at radius 2 is 2.14 bits per heavy atom. The minimum absolute atomic E-state index is 0.180. The minimum Gasteiger partial charge on any atom is -0.426 e. The average molecular weight is 303 g/mol. The van der Waals surface area contributed by atoms with Gasteiger partial charge in [-0.05, 0) is 76.7 Å². The Labute approximate surface area is 134 Å². The molecule has 0 aliphatic carbocycles. The van der Waals surface area contributed by atoms with Crippen LogP contribution in [0.2, 0.25) is 0 Å². The number of hydrogen-bond donors (Lipinski definition) is 0. The first-order valence-corrected chi connectivity index (χ1v) is 8.44. The lowest BCUT2D eigenvalue weighted by atomic mass is 9.90. The molecule has 1 unspecified atom stereocenters. The third kappa shape index (κ3) is 4.57. The van der Waals surface area contributed by atoms with E-state index in [2.05, 4.69) is 17.9 Å². The second kappa shape index (κ2) is 7.28. The molecule has 0 bridgehead atoms. The summed E-state index contributed by atoms with van der Waals surface area (Å²) in [5.41, 5.74) is 0.818. The van der Waals surface area contributed by atoms with Crippen molar-refractivity contribution >= 4 is 5.97 Å². The number of rotatable bonds is 4. The lowest BCUT2D eigenvalue weighted by Gasteiger charge is -2.32. The van der Waals surface area contributed by atoms with E-state index in [0.717, 1.165) is 6.54 Å². The van der Waals surface area contributed by atoms with Crippen molar-refractivity contribution in [2.45, 2.75) is 52.9 Å². The van der Waals surface area contributed by atoms with Crippen LogP contribution in [-0.4, -0.2) is 30.5 Å². The highest BCUT2D eigenvalue weighted by atomic mass is 16.5. The first-order valence-electron chi connectivity index (χ1n) is 8.44.